The highest BCUT2D eigenvalue weighted by atomic mass is 35.5. The summed E-state index contributed by atoms with van der Waals surface area (Å²) in [7, 11) is 0. The number of ether oxygens (including phenoxy) is 1. The number of halogens is 2. The smallest absolute Gasteiger partial charge is 0.196 e. The fraction of sp³-hybridized carbons (Fsp3) is 0.385. The molecule has 108 valence electrons. The van der Waals surface area contributed by atoms with Gasteiger partial charge in [0.05, 0.1) is 23.9 Å². The normalized spacial score (nSPS) is 16.1. The van der Waals surface area contributed by atoms with Crippen LogP contribution in [0.5, 0.6) is 0 Å². The van der Waals surface area contributed by atoms with Gasteiger partial charge in [0.25, 0.3) is 0 Å². The third kappa shape index (κ3) is 3.85. The molecular weight excluding hydrogens is 301 g/mol. The Kier molecular flexibility index (Phi) is 5.23. The predicted molar refractivity (Wildman–Crippen MR) is 80.6 cm³/mol. The average Bonchev–Trinajstić information content (AvgIpc) is 2.42. The van der Waals surface area contributed by atoms with E-state index in [1.807, 2.05) is 4.90 Å². The number of rotatable bonds is 3. The van der Waals surface area contributed by atoms with Gasteiger partial charge in [0.2, 0.25) is 0 Å². The van der Waals surface area contributed by atoms with Crippen molar-refractivity contribution in [1.82, 2.24) is 4.90 Å². The van der Waals surface area contributed by atoms with Gasteiger partial charge in [-0.15, -0.1) is 0 Å². The van der Waals surface area contributed by atoms with Crippen molar-refractivity contribution in [2.45, 2.75) is 6.92 Å². The van der Waals surface area contributed by atoms with E-state index in [1.54, 1.807) is 18.2 Å². The molecule has 0 radical (unpaired) electrons. The van der Waals surface area contributed by atoms with Crippen LogP contribution < -0.4 is 5.43 Å². The highest BCUT2D eigenvalue weighted by Crippen LogP contribution is 2.25. The second kappa shape index (κ2) is 6.92. The first-order valence-corrected chi connectivity index (χ1v) is 6.96. The Morgan fingerprint density at radius 1 is 1.35 bits per heavy atom. The predicted octanol–water partition coefficient (Wildman–Crippen LogP) is 2.64. The van der Waals surface area contributed by atoms with Gasteiger partial charge in [-0.3, -0.25) is 10.2 Å². The zero-order valence-corrected chi connectivity index (χ0v) is 12.5. The fourth-order valence-corrected chi connectivity index (χ4v) is 2.29. The van der Waals surface area contributed by atoms with Crippen LogP contribution in [0.25, 0.3) is 0 Å². The molecule has 5 nitrogen and oxygen atoms in total. The number of hydrazone groups is 1. The molecule has 2 rings (SSSR count). The van der Waals surface area contributed by atoms with E-state index in [0.29, 0.717) is 47.9 Å². The molecule has 1 saturated heterocycles. The summed E-state index contributed by atoms with van der Waals surface area (Å²) >= 11 is 11.9. The van der Waals surface area contributed by atoms with Crippen molar-refractivity contribution in [3.05, 3.63) is 28.2 Å². The van der Waals surface area contributed by atoms with Crippen LogP contribution in [0.1, 0.15) is 6.92 Å². The summed E-state index contributed by atoms with van der Waals surface area (Å²) in [5.74, 6) is 0.267. The number of morpholine rings is 1. The van der Waals surface area contributed by atoms with Crippen molar-refractivity contribution in [1.29, 1.82) is 0 Å². The Morgan fingerprint density at radius 2 is 2.05 bits per heavy atom. The molecule has 0 atom stereocenters. The number of hydrogen-bond acceptors (Lipinski definition) is 4. The molecule has 1 aliphatic rings. The number of nitrogens with zero attached hydrogens (tertiary/aromatic N) is 2. The van der Waals surface area contributed by atoms with Crippen molar-refractivity contribution in [2.24, 2.45) is 5.10 Å². The van der Waals surface area contributed by atoms with Gasteiger partial charge in [-0.1, -0.05) is 23.2 Å². The van der Waals surface area contributed by atoms with Crippen LogP contribution in [0, 0.1) is 0 Å². The van der Waals surface area contributed by atoms with Crippen molar-refractivity contribution < 1.29 is 9.53 Å². The fourth-order valence-electron chi connectivity index (χ4n) is 1.84. The summed E-state index contributed by atoms with van der Waals surface area (Å²) in [6.07, 6.45) is 0. The summed E-state index contributed by atoms with van der Waals surface area (Å²) < 4.78 is 5.26. The summed E-state index contributed by atoms with van der Waals surface area (Å²) in [5, 5.41) is 5.16. The number of amidine groups is 1. The number of hydrogen-bond donors (Lipinski definition) is 1. The SMILES string of the molecule is CC(=O)/C(=N\Nc1ccc(Cl)cc1Cl)N1CCOCC1. The number of benzene rings is 1. The lowest BCUT2D eigenvalue weighted by atomic mass is 10.3. The molecule has 0 amide bonds. The zero-order valence-electron chi connectivity index (χ0n) is 11.0. The van der Waals surface area contributed by atoms with Gasteiger partial charge in [-0.05, 0) is 18.2 Å². The van der Waals surface area contributed by atoms with Crippen molar-refractivity contribution in [2.75, 3.05) is 31.7 Å². The molecule has 0 unspecified atom stereocenters. The minimum atomic E-state index is -0.107. The molecule has 1 fully saturated rings. The van der Waals surface area contributed by atoms with Gasteiger partial charge in [0, 0.05) is 25.0 Å². The lowest BCUT2D eigenvalue weighted by Crippen LogP contribution is -2.44. The second-order valence-electron chi connectivity index (χ2n) is 4.33. The van der Waals surface area contributed by atoms with Crippen LogP contribution in [0.4, 0.5) is 5.69 Å². The first-order chi connectivity index (χ1) is 9.58. The van der Waals surface area contributed by atoms with Gasteiger partial charge in [-0.2, -0.15) is 5.10 Å². The third-order valence-electron chi connectivity index (χ3n) is 2.84. The number of Topliss-reactive ketones (excluding diaryl/α,β-unsaturated/α-hetero) is 1. The maximum Gasteiger partial charge on any atom is 0.196 e. The van der Waals surface area contributed by atoms with Gasteiger partial charge in [-0.25, -0.2) is 0 Å². The maximum absolute atomic E-state index is 11.7. The third-order valence-corrected chi connectivity index (χ3v) is 3.39. The molecule has 0 aliphatic carbocycles. The highest BCUT2D eigenvalue weighted by Gasteiger charge is 2.19. The number of ketones is 1. The van der Waals surface area contributed by atoms with Crippen molar-refractivity contribution >= 4 is 40.5 Å². The van der Waals surface area contributed by atoms with Crippen LogP contribution in [0.3, 0.4) is 0 Å². The Balaban J connectivity index is 2.14. The van der Waals surface area contributed by atoms with Crippen LogP contribution in [-0.4, -0.2) is 42.8 Å². The number of anilines is 1. The molecule has 20 heavy (non-hydrogen) atoms. The molecular formula is C13H15Cl2N3O2. The Bertz CT molecular complexity index is 528. The Morgan fingerprint density at radius 3 is 2.65 bits per heavy atom. The second-order valence-corrected chi connectivity index (χ2v) is 5.17. The van der Waals surface area contributed by atoms with E-state index < -0.39 is 0 Å². The van der Waals surface area contributed by atoms with Gasteiger partial charge < -0.3 is 9.64 Å². The first kappa shape index (κ1) is 15.1. The summed E-state index contributed by atoms with van der Waals surface area (Å²) in [6, 6.07) is 5.03. The zero-order chi connectivity index (χ0) is 14.5. The van der Waals surface area contributed by atoms with E-state index in [0.717, 1.165) is 0 Å². The number of carbonyl (C=O) groups excluding carboxylic acids is 1. The lowest BCUT2D eigenvalue weighted by molar-refractivity contribution is -0.112. The summed E-state index contributed by atoms with van der Waals surface area (Å²) in [5.41, 5.74) is 3.41. The van der Waals surface area contributed by atoms with Crippen LogP contribution in [0.2, 0.25) is 10.0 Å². The largest absolute Gasteiger partial charge is 0.378 e. The molecule has 0 spiro atoms. The topological polar surface area (TPSA) is 53.9 Å². The van der Waals surface area contributed by atoms with Gasteiger partial charge in [0.15, 0.2) is 11.6 Å². The van der Waals surface area contributed by atoms with E-state index >= 15 is 0 Å². The van der Waals surface area contributed by atoms with E-state index in [1.165, 1.54) is 6.92 Å². The molecule has 7 heteroatoms. The van der Waals surface area contributed by atoms with Crippen LogP contribution >= 0.6 is 23.2 Å². The molecule has 1 aliphatic heterocycles. The average molecular weight is 316 g/mol. The standard InChI is InChI=1S/C13H15Cl2N3O2/c1-9(19)13(18-4-6-20-7-5-18)17-16-12-3-2-10(14)8-11(12)15/h2-3,8,16H,4-7H2,1H3/b17-13+. The quantitative estimate of drug-likeness (QED) is 0.529. The first-order valence-electron chi connectivity index (χ1n) is 6.20. The van der Waals surface area contributed by atoms with Crippen LogP contribution in [0.15, 0.2) is 23.3 Å². The monoisotopic (exact) mass is 315 g/mol. The molecule has 1 N–H and O–H groups in total. The molecule has 0 bridgehead atoms. The van der Waals surface area contributed by atoms with Crippen LogP contribution in [-0.2, 0) is 9.53 Å². The van der Waals surface area contributed by atoms with Crippen molar-refractivity contribution in [3.63, 3.8) is 0 Å². The molecule has 1 heterocycles. The summed E-state index contributed by atoms with van der Waals surface area (Å²) in [4.78, 5) is 13.6. The Labute approximate surface area is 127 Å². The van der Waals surface area contributed by atoms with Gasteiger partial charge in [0.1, 0.15) is 0 Å². The summed E-state index contributed by atoms with van der Waals surface area (Å²) in [6.45, 7) is 3.96. The van der Waals surface area contributed by atoms with E-state index in [2.05, 4.69) is 10.5 Å². The lowest BCUT2D eigenvalue weighted by Gasteiger charge is -2.28. The maximum atomic E-state index is 11.7. The number of carbonyl (C=O) groups is 1. The molecule has 1 aromatic carbocycles. The van der Waals surface area contributed by atoms with E-state index in [9.17, 15) is 4.79 Å². The van der Waals surface area contributed by atoms with E-state index in [-0.39, 0.29) is 5.78 Å². The number of nitrogens with one attached hydrogen (secondary N) is 1. The molecule has 1 aromatic rings. The molecule has 0 aromatic heterocycles. The van der Waals surface area contributed by atoms with Gasteiger partial charge >= 0.3 is 0 Å². The highest BCUT2D eigenvalue weighted by molar-refractivity contribution is 6.38. The minimum Gasteiger partial charge on any atom is -0.378 e. The minimum absolute atomic E-state index is 0.107. The van der Waals surface area contributed by atoms with Crippen molar-refractivity contribution in [3.8, 4) is 0 Å². The molecule has 0 saturated carbocycles. The Hall–Kier alpha value is -1.30. The van der Waals surface area contributed by atoms with E-state index in [4.69, 9.17) is 27.9 Å².